The molecule has 2 N–H and O–H groups in total. The van der Waals surface area contributed by atoms with Crippen molar-refractivity contribution in [3.05, 3.63) is 27.7 Å². The average molecular weight is 351 g/mol. The van der Waals surface area contributed by atoms with E-state index in [0.29, 0.717) is 17.1 Å². The van der Waals surface area contributed by atoms with Crippen LogP contribution in [-0.2, 0) is 16.6 Å². The highest BCUT2D eigenvalue weighted by Crippen LogP contribution is 2.38. The summed E-state index contributed by atoms with van der Waals surface area (Å²) in [6, 6.07) is 3.04. The van der Waals surface area contributed by atoms with Gasteiger partial charge in [-0.25, -0.2) is 13.1 Å². The van der Waals surface area contributed by atoms with E-state index in [1.165, 1.54) is 6.07 Å². The average Bonchev–Trinajstić information content (AvgIpc) is 3.09. The summed E-state index contributed by atoms with van der Waals surface area (Å²) in [7, 11) is -3.62. The first kappa shape index (κ1) is 17.0. The van der Waals surface area contributed by atoms with Gasteiger partial charge in [-0.05, 0) is 44.9 Å². The van der Waals surface area contributed by atoms with Crippen LogP contribution in [0.15, 0.2) is 17.0 Å². The first-order valence-electron chi connectivity index (χ1n) is 7.01. The zero-order chi connectivity index (χ0) is 15.7. The smallest absolute Gasteiger partial charge is 0.242 e. The normalized spacial score (nSPS) is 17.0. The van der Waals surface area contributed by atoms with Crippen LogP contribution in [0.3, 0.4) is 0 Å². The third-order valence-electron chi connectivity index (χ3n) is 3.55. The van der Waals surface area contributed by atoms with Gasteiger partial charge >= 0.3 is 0 Å². The maximum atomic E-state index is 12.4. The van der Waals surface area contributed by atoms with E-state index in [0.717, 1.165) is 25.8 Å². The second kappa shape index (κ2) is 6.42. The Hall–Kier alpha value is -0.330. The fourth-order valence-electron chi connectivity index (χ4n) is 2.00. The Labute approximate surface area is 136 Å². The molecule has 21 heavy (non-hydrogen) atoms. The number of hydrogen-bond donors (Lipinski definition) is 2. The molecule has 0 saturated heterocycles. The molecule has 0 aliphatic heterocycles. The summed E-state index contributed by atoms with van der Waals surface area (Å²) in [5, 5.41) is 3.86. The predicted molar refractivity (Wildman–Crippen MR) is 86.4 cm³/mol. The highest BCUT2D eigenvalue weighted by atomic mass is 35.5. The fourth-order valence-corrected chi connectivity index (χ4v) is 4.38. The Kier molecular flexibility index (Phi) is 5.21. The van der Waals surface area contributed by atoms with Crippen molar-refractivity contribution in [3.63, 3.8) is 0 Å². The lowest BCUT2D eigenvalue weighted by molar-refractivity contribution is 0.558. The molecule has 7 heteroatoms. The molecule has 1 aromatic carbocycles. The number of nitrogens with one attached hydrogen (secondary N) is 2. The van der Waals surface area contributed by atoms with Gasteiger partial charge in [-0.3, -0.25) is 0 Å². The molecule has 118 valence electrons. The van der Waals surface area contributed by atoms with E-state index in [1.807, 2.05) is 6.92 Å². The van der Waals surface area contributed by atoms with Crippen molar-refractivity contribution in [3.8, 4) is 0 Å². The monoisotopic (exact) mass is 350 g/mol. The van der Waals surface area contributed by atoms with E-state index in [9.17, 15) is 8.42 Å². The van der Waals surface area contributed by atoms with E-state index < -0.39 is 10.0 Å². The van der Waals surface area contributed by atoms with Crippen LogP contribution < -0.4 is 10.0 Å². The van der Waals surface area contributed by atoms with E-state index in [2.05, 4.69) is 17.0 Å². The lowest BCUT2D eigenvalue weighted by Crippen LogP contribution is -2.34. The molecule has 0 unspecified atom stereocenters. The topological polar surface area (TPSA) is 58.2 Å². The van der Waals surface area contributed by atoms with E-state index in [4.69, 9.17) is 23.2 Å². The maximum Gasteiger partial charge on any atom is 0.242 e. The van der Waals surface area contributed by atoms with E-state index in [-0.39, 0.29) is 15.5 Å². The van der Waals surface area contributed by atoms with Crippen molar-refractivity contribution in [2.45, 2.75) is 50.1 Å². The van der Waals surface area contributed by atoms with Gasteiger partial charge in [0.25, 0.3) is 0 Å². The zero-order valence-electron chi connectivity index (χ0n) is 12.2. The molecule has 0 heterocycles. The highest BCUT2D eigenvalue weighted by molar-refractivity contribution is 7.89. The van der Waals surface area contributed by atoms with Crippen molar-refractivity contribution < 1.29 is 8.42 Å². The number of rotatable bonds is 7. The molecule has 0 atom stereocenters. The SMILES string of the molecule is CCCNCc1c(Cl)ccc(S(=O)(=O)NC2(C)CC2)c1Cl. The van der Waals surface area contributed by atoms with Crippen LogP contribution in [0.5, 0.6) is 0 Å². The van der Waals surface area contributed by atoms with Crippen LogP contribution in [0, 0.1) is 0 Å². The highest BCUT2D eigenvalue weighted by Gasteiger charge is 2.41. The third-order valence-corrected chi connectivity index (χ3v) is 6.13. The summed E-state index contributed by atoms with van der Waals surface area (Å²) in [5.41, 5.74) is 0.290. The standard InChI is InChI=1S/C14H20Cl2N2O2S/c1-3-8-17-9-10-11(15)4-5-12(13(10)16)21(19,20)18-14(2)6-7-14/h4-5,17-18H,3,6-9H2,1-2H3. The molecule has 4 nitrogen and oxygen atoms in total. The zero-order valence-corrected chi connectivity index (χ0v) is 14.5. The minimum absolute atomic E-state index is 0.0926. The molecule has 1 aromatic rings. The van der Waals surface area contributed by atoms with Crippen molar-refractivity contribution in [2.75, 3.05) is 6.54 Å². The molecule has 1 saturated carbocycles. The van der Waals surface area contributed by atoms with E-state index >= 15 is 0 Å². The molecule has 0 amide bonds. The number of hydrogen-bond acceptors (Lipinski definition) is 3. The van der Waals surface area contributed by atoms with Gasteiger partial charge in [0.15, 0.2) is 0 Å². The van der Waals surface area contributed by atoms with Gasteiger partial charge in [0.2, 0.25) is 10.0 Å². The Balaban J connectivity index is 2.29. The first-order valence-corrected chi connectivity index (χ1v) is 9.24. The summed E-state index contributed by atoms with van der Waals surface area (Å²) in [4.78, 5) is 0.0926. The van der Waals surface area contributed by atoms with Crippen LogP contribution in [0.2, 0.25) is 10.0 Å². The van der Waals surface area contributed by atoms with Gasteiger partial charge in [-0.2, -0.15) is 0 Å². The Morgan fingerprint density at radius 2 is 1.95 bits per heavy atom. The van der Waals surface area contributed by atoms with Gasteiger partial charge in [0.1, 0.15) is 4.90 Å². The van der Waals surface area contributed by atoms with E-state index in [1.54, 1.807) is 6.07 Å². The summed E-state index contributed by atoms with van der Waals surface area (Å²) >= 11 is 12.4. The lowest BCUT2D eigenvalue weighted by Gasteiger charge is -2.16. The predicted octanol–water partition coefficient (Wildman–Crippen LogP) is 3.32. The summed E-state index contributed by atoms with van der Waals surface area (Å²) in [5.74, 6) is 0. The molecule has 0 aromatic heterocycles. The van der Waals surface area contributed by atoms with Gasteiger partial charge < -0.3 is 5.32 Å². The number of benzene rings is 1. The minimum Gasteiger partial charge on any atom is -0.313 e. The molecule has 2 rings (SSSR count). The van der Waals surface area contributed by atoms with Gasteiger partial charge in [-0.1, -0.05) is 30.1 Å². The third kappa shape index (κ3) is 4.11. The van der Waals surface area contributed by atoms with Crippen molar-refractivity contribution in [1.82, 2.24) is 10.0 Å². The number of sulfonamides is 1. The van der Waals surface area contributed by atoms with Crippen molar-refractivity contribution >= 4 is 33.2 Å². The molecular formula is C14H20Cl2N2O2S. The fraction of sp³-hybridized carbons (Fsp3) is 0.571. The first-order chi connectivity index (χ1) is 9.79. The molecule has 0 spiro atoms. The molecule has 1 fully saturated rings. The van der Waals surface area contributed by atoms with Gasteiger partial charge in [0, 0.05) is 22.7 Å². The van der Waals surface area contributed by atoms with Crippen molar-refractivity contribution in [2.24, 2.45) is 0 Å². The Bertz CT molecular complexity index is 628. The quantitative estimate of drug-likeness (QED) is 0.741. The summed E-state index contributed by atoms with van der Waals surface area (Å²) < 4.78 is 27.6. The largest absolute Gasteiger partial charge is 0.313 e. The number of halogens is 2. The Morgan fingerprint density at radius 1 is 1.29 bits per heavy atom. The summed E-state index contributed by atoms with van der Waals surface area (Å²) in [6.45, 7) is 5.21. The van der Waals surface area contributed by atoms with Crippen LogP contribution in [-0.4, -0.2) is 20.5 Å². The second-order valence-electron chi connectivity index (χ2n) is 5.68. The molecular weight excluding hydrogens is 331 g/mol. The molecule has 1 aliphatic carbocycles. The maximum absolute atomic E-state index is 12.4. The summed E-state index contributed by atoms with van der Waals surface area (Å²) in [6.07, 6.45) is 2.68. The van der Waals surface area contributed by atoms with Crippen molar-refractivity contribution in [1.29, 1.82) is 0 Å². The minimum atomic E-state index is -3.62. The van der Waals surface area contributed by atoms with Gasteiger partial charge in [0.05, 0.1) is 5.02 Å². The van der Waals surface area contributed by atoms with Crippen LogP contribution >= 0.6 is 23.2 Å². The second-order valence-corrected chi connectivity index (χ2v) is 8.12. The van der Waals surface area contributed by atoms with Crippen LogP contribution in [0.1, 0.15) is 38.7 Å². The molecule has 0 radical (unpaired) electrons. The molecule has 0 bridgehead atoms. The lowest BCUT2D eigenvalue weighted by atomic mass is 10.2. The van der Waals surface area contributed by atoms with Crippen LogP contribution in [0.25, 0.3) is 0 Å². The molecule has 1 aliphatic rings. The Morgan fingerprint density at radius 3 is 2.52 bits per heavy atom. The van der Waals surface area contributed by atoms with Crippen LogP contribution in [0.4, 0.5) is 0 Å². The van der Waals surface area contributed by atoms with Gasteiger partial charge in [-0.15, -0.1) is 0 Å².